The largest absolute Gasteiger partial charge is 0.335 e. The number of likely N-dealkylation sites (tertiary alicyclic amines) is 1. The Labute approximate surface area is 123 Å². The Bertz CT molecular complexity index is 659. The van der Waals surface area contributed by atoms with Crippen molar-refractivity contribution in [2.24, 2.45) is 5.92 Å². The lowest BCUT2D eigenvalue weighted by molar-refractivity contribution is -0.135. The van der Waals surface area contributed by atoms with E-state index < -0.39 is 15.8 Å². The number of halogens is 1. The lowest BCUT2D eigenvalue weighted by Gasteiger charge is -2.27. The average Bonchev–Trinajstić information content (AvgIpc) is 3.04. The van der Waals surface area contributed by atoms with E-state index >= 15 is 0 Å². The number of benzene rings is 1. The standard InChI is InChI=1S/C15H18FNO3S/c16-13-4-1-3-11(9-13)14-5-2-7-17(14)15(18)12-6-8-21(19,20)10-12/h1,3-4,9,12,14H,2,5-8,10H2/t12-,14-/m1/s1. The Hall–Kier alpha value is -1.43. The van der Waals surface area contributed by atoms with Gasteiger partial charge in [0, 0.05) is 6.54 Å². The van der Waals surface area contributed by atoms with Crippen molar-refractivity contribution < 1.29 is 17.6 Å². The molecule has 2 atom stereocenters. The number of hydrogen-bond acceptors (Lipinski definition) is 3. The number of carbonyl (C=O) groups excluding carboxylic acids is 1. The van der Waals surface area contributed by atoms with Gasteiger partial charge in [-0.1, -0.05) is 12.1 Å². The Morgan fingerprint density at radius 1 is 1.29 bits per heavy atom. The van der Waals surface area contributed by atoms with Crippen LogP contribution in [0.25, 0.3) is 0 Å². The lowest BCUT2D eigenvalue weighted by atomic mass is 10.0. The normalized spacial score (nSPS) is 28.0. The highest BCUT2D eigenvalue weighted by molar-refractivity contribution is 7.91. The van der Waals surface area contributed by atoms with Gasteiger partial charge in [0.15, 0.2) is 9.84 Å². The van der Waals surface area contributed by atoms with Crippen LogP contribution in [-0.2, 0) is 14.6 Å². The Balaban J connectivity index is 1.80. The highest BCUT2D eigenvalue weighted by Crippen LogP contribution is 2.34. The minimum absolute atomic E-state index is 0.0434. The van der Waals surface area contributed by atoms with Crippen LogP contribution in [0.1, 0.15) is 30.9 Å². The molecule has 1 amide bonds. The zero-order chi connectivity index (χ0) is 15.0. The topological polar surface area (TPSA) is 54.5 Å². The van der Waals surface area contributed by atoms with Crippen molar-refractivity contribution in [1.82, 2.24) is 4.90 Å². The molecule has 0 unspecified atom stereocenters. The maximum Gasteiger partial charge on any atom is 0.227 e. The highest BCUT2D eigenvalue weighted by atomic mass is 32.2. The van der Waals surface area contributed by atoms with Crippen molar-refractivity contribution in [2.45, 2.75) is 25.3 Å². The summed E-state index contributed by atoms with van der Waals surface area (Å²) in [6.07, 6.45) is 2.08. The summed E-state index contributed by atoms with van der Waals surface area (Å²) in [6, 6.07) is 6.18. The third kappa shape index (κ3) is 2.95. The molecule has 1 aromatic carbocycles. The smallest absolute Gasteiger partial charge is 0.227 e. The molecule has 0 N–H and O–H groups in total. The average molecular weight is 311 g/mol. The van der Waals surface area contributed by atoms with Crippen molar-refractivity contribution in [1.29, 1.82) is 0 Å². The first-order chi connectivity index (χ1) is 9.96. The summed E-state index contributed by atoms with van der Waals surface area (Å²) in [5.41, 5.74) is 0.793. The quantitative estimate of drug-likeness (QED) is 0.838. The van der Waals surface area contributed by atoms with E-state index in [0.29, 0.717) is 13.0 Å². The van der Waals surface area contributed by atoms with Gasteiger partial charge >= 0.3 is 0 Å². The van der Waals surface area contributed by atoms with E-state index in [9.17, 15) is 17.6 Å². The number of nitrogens with zero attached hydrogens (tertiary/aromatic N) is 1. The molecule has 2 fully saturated rings. The number of carbonyl (C=O) groups is 1. The maximum absolute atomic E-state index is 13.4. The monoisotopic (exact) mass is 311 g/mol. The van der Waals surface area contributed by atoms with Crippen LogP contribution in [0, 0.1) is 11.7 Å². The van der Waals surface area contributed by atoms with Crippen molar-refractivity contribution in [2.75, 3.05) is 18.1 Å². The van der Waals surface area contributed by atoms with Crippen LogP contribution in [0.5, 0.6) is 0 Å². The van der Waals surface area contributed by atoms with Gasteiger partial charge in [-0.15, -0.1) is 0 Å². The second-order valence-corrected chi connectivity index (χ2v) is 8.07. The van der Waals surface area contributed by atoms with Crippen LogP contribution in [0.3, 0.4) is 0 Å². The van der Waals surface area contributed by atoms with Crippen molar-refractivity contribution in [3.05, 3.63) is 35.6 Å². The lowest BCUT2D eigenvalue weighted by Crippen LogP contribution is -2.36. The van der Waals surface area contributed by atoms with E-state index in [1.807, 2.05) is 6.07 Å². The zero-order valence-electron chi connectivity index (χ0n) is 11.7. The van der Waals surface area contributed by atoms with Gasteiger partial charge in [-0.2, -0.15) is 0 Å². The molecule has 2 saturated heterocycles. The van der Waals surface area contributed by atoms with Gasteiger partial charge < -0.3 is 4.90 Å². The Kier molecular flexibility index (Phi) is 3.73. The molecule has 0 aromatic heterocycles. The summed E-state index contributed by atoms with van der Waals surface area (Å²) in [4.78, 5) is 14.3. The fraction of sp³-hybridized carbons (Fsp3) is 0.533. The molecule has 1 aromatic rings. The first-order valence-electron chi connectivity index (χ1n) is 7.23. The number of rotatable bonds is 2. The molecule has 0 saturated carbocycles. The predicted octanol–water partition coefficient (Wildman–Crippen LogP) is 1.92. The molecule has 0 spiro atoms. The van der Waals surface area contributed by atoms with E-state index in [-0.39, 0.29) is 29.3 Å². The van der Waals surface area contributed by atoms with Gasteiger partial charge in [0.25, 0.3) is 0 Å². The van der Waals surface area contributed by atoms with Crippen LogP contribution in [-0.4, -0.2) is 37.3 Å². The molecular formula is C15H18FNO3S. The molecule has 114 valence electrons. The Morgan fingerprint density at radius 3 is 2.76 bits per heavy atom. The molecule has 2 aliphatic rings. The highest BCUT2D eigenvalue weighted by Gasteiger charge is 2.39. The van der Waals surface area contributed by atoms with Crippen LogP contribution >= 0.6 is 0 Å². The van der Waals surface area contributed by atoms with Crippen molar-refractivity contribution >= 4 is 15.7 Å². The molecular weight excluding hydrogens is 293 g/mol. The van der Waals surface area contributed by atoms with Gasteiger partial charge in [-0.25, -0.2) is 12.8 Å². The summed E-state index contributed by atoms with van der Waals surface area (Å²) in [5.74, 6) is -0.776. The molecule has 2 heterocycles. The fourth-order valence-corrected chi connectivity index (χ4v) is 5.05. The van der Waals surface area contributed by atoms with Crippen LogP contribution < -0.4 is 0 Å². The second kappa shape index (κ2) is 5.40. The summed E-state index contributed by atoms with van der Waals surface area (Å²) < 4.78 is 36.4. The van der Waals surface area contributed by atoms with E-state index in [1.165, 1.54) is 12.1 Å². The van der Waals surface area contributed by atoms with Gasteiger partial charge in [0.05, 0.1) is 23.5 Å². The number of amides is 1. The van der Waals surface area contributed by atoms with Crippen LogP contribution in [0.2, 0.25) is 0 Å². The van der Waals surface area contributed by atoms with Gasteiger partial charge in [-0.05, 0) is 37.0 Å². The summed E-state index contributed by atoms with van der Waals surface area (Å²) in [7, 11) is -3.07. The third-order valence-electron chi connectivity index (χ3n) is 4.35. The summed E-state index contributed by atoms with van der Waals surface area (Å²) >= 11 is 0. The molecule has 21 heavy (non-hydrogen) atoms. The molecule has 2 aliphatic heterocycles. The zero-order valence-corrected chi connectivity index (χ0v) is 12.5. The van der Waals surface area contributed by atoms with Gasteiger partial charge in [0.1, 0.15) is 5.82 Å². The molecule has 6 heteroatoms. The first-order valence-corrected chi connectivity index (χ1v) is 9.05. The van der Waals surface area contributed by atoms with E-state index in [1.54, 1.807) is 11.0 Å². The minimum Gasteiger partial charge on any atom is -0.335 e. The van der Waals surface area contributed by atoms with Crippen LogP contribution in [0.4, 0.5) is 4.39 Å². The first kappa shape index (κ1) is 14.5. The molecule has 0 radical (unpaired) electrons. The van der Waals surface area contributed by atoms with Gasteiger partial charge in [0.2, 0.25) is 5.91 Å². The molecule has 3 rings (SSSR count). The predicted molar refractivity (Wildman–Crippen MR) is 76.8 cm³/mol. The number of hydrogen-bond donors (Lipinski definition) is 0. The van der Waals surface area contributed by atoms with E-state index in [0.717, 1.165) is 18.4 Å². The summed E-state index contributed by atoms with van der Waals surface area (Å²) in [6.45, 7) is 0.622. The fourth-order valence-electron chi connectivity index (χ4n) is 3.32. The maximum atomic E-state index is 13.4. The Morgan fingerprint density at radius 2 is 2.10 bits per heavy atom. The van der Waals surface area contributed by atoms with Crippen molar-refractivity contribution in [3.63, 3.8) is 0 Å². The molecule has 0 aliphatic carbocycles. The summed E-state index contributed by atoms with van der Waals surface area (Å²) in [5, 5.41) is 0. The minimum atomic E-state index is -3.07. The molecule has 4 nitrogen and oxygen atoms in total. The van der Waals surface area contributed by atoms with E-state index in [4.69, 9.17) is 0 Å². The second-order valence-electron chi connectivity index (χ2n) is 5.84. The SMILES string of the molecule is O=C([C@@H]1CCS(=O)(=O)C1)N1CCC[C@@H]1c1cccc(F)c1. The van der Waals surface area contributed by atoms with E-state index in [2.05, 4.69) is 0 Å². The van der Waals surface area contributed by atoms with Crippen LogP contribution in [0.15, 0.2) is 24.3 Å². The third-order valence-corrected chi connectivity index (χ3v) is 6.12. The van der Waals surface area contributed by atoms with Gasteiger partial charge in [-0.3, -0.25) is 4.79 Å². The molecule has 0 bridgehead atoms. The van der Waals surface area contributed by atoms with Crippen molar-refractivity contribution in [3.8, 4) is 0 Å². The number of sulfone groups is 1.